The Labute approximate surface area is 274 Å². The molecule has 0 N–H and O–H groups in total. The van der Waals surface area contributed by atoms with E-state index in [1.165, 1.54) is 41.5 Å². The summed E-state index contributed by atoms with van der Waals surface area (Å²) in [5, 5.41) is 0. The Bertz CT molecular complexity index is 632. The van der Waals surface area contributed by atoms with E-state index in [0.717, 1.165) is 5.92 Å². The number of hydrogen-bond acceptors (Lipinski definition) is 14. The van der Waals surface area contributed by atoms with E-state index in [1.807, 2.05) is 26.2 Å². The minimum Gasteiger partial charge on any atom is -0.420 e. The van der Waals surface area contributed by atoms with E-state index in [1.54, 1.807) is 26.2 Å². The molecule has 0 aromatic carbocycles. The topological polar surface area (TPSA) is 117 Å². The third kappa shape index (κ3) is 19.6. The molecule has 22 heteroatoms. The van der Waals surface area contributed by atoms with Crippen LogP contribution < -0.4 is 0 Å². The first-order valence-electron chi connectivity index (χ1n) is 14.1. The summed E-state index contributed by atoms with van der Waals surface area (Å²) in [4.78, 5) is 4.46. The zero-order valence-electron chi connectivity index (χ0n) is 29.1. The van der Waals surface area contributed by atoms with Gasteiger partial charge in [0.1, 0.15) is 0 Å². The molecule has 0 radical (unpaired) electrons. The molecule has 0 bridgehead atoms. The lowest BCUT2D eigenvalue weighted by Crippen LogP contribution is -2.69. The molecule has 0 atom stereocenters. The van der Waals surface area contributed by atoms with Gasteiger partial charge in [0.15, 0.2) is 0 Å². The molecule has 0 spiro atoms. The molecule has 2 fully saturated rings. The maximum absolute atomic E-state index is 5.98. The summed E-state index contributed by atoms with van der Waals surface area (Å²) >= 11 is 0. The summed E-state index contributed by atoms with van der Waals surface area (Å²) in [6.07, 6.45) is 0. The molecule has 2 saturated heterocycles. The first kappa shape index (κ1) is 46.3. The van der Waals surface area contributed by atoms with Gasteiger partial charge in [-0.1, -0.05) is 14.4 Å². The van der Waals surface area contributed by atoms with Gasteiger partial charge in [-0.3, -0.25) is 0 Å². The van der Waals surface area contributed by atoms with Crippen molar-refractivity contribution in [2.75, 3.05) is 69.7 Å². The van der Waals surface area contributed by atoms with Crippen LogP contribution in [0, 0.1) is 5.92 Å². The van der Waals surface area contributed by atoms with Crippen LogP contribution in [0.15, 0.2) is 0 Å². The monoisotopic (exact) mass is 760 g/mol. The molecule has 2 aliphatic heterocycles. The predicted octanol–water partition coefficient (Wildman–Crippen LogP) is 1.78. The van der Waals surface area contributed by atoms with Crippen molar-refractivity contribution in [3.05, 3.63) is 0 Å². The zero-order valence-corrected chi connectivity index (χ0v) is 37.7. The molecule has 2 aliphatic rings. The first-order valence-corrected chi connectivity index (χ1v) is 31.4. The Hall–Kier alpha value is 1.18. The van der Waals surface area contributed by atoms with Crippen molar-refractivity contribution >= 4 is 72.4 Å². The molecule has 43 heavy (non-hydrogen) atoms. The van der Waals surface area contributed by atoms with Crippen molar-refractivity contribution in [1.82, 2.24) is 9.80 Å². The fourth-order valence-electron chi connectivity index (χ4n) is 4.28. The van der Waals surface area contributed by atoms with E-state index < -0.39 is 72.4 Å². The molecular formula is C21H64N2O12Si8. The highest BCUT2D eigenvalue weighted by molar-refractivity contribution is 6.87. The van der Waals surface area contributed by atoms with Crippen molar-refractivity contribution in [2.45, 2.75) is 66.7 Å². The lowest BCUT2D eigenvalue weighted by Gasteiger charge is -2.45. The standard InChI is InChI=1S/C8H20N2.C8H24O8Si4.C4H16O4Si4.CH4/c1-8(6-9(2)3)7-10(4)5;1-9-17(5)13-18(6,10-2)15-20(8,12-4)16-19(7,11-3)14-17;1-9-5-10(2)7-12(4)8-11(3)6-9;/h8H,6-7H2,1-5H3;1-8H3;9-12H,1-4H3;1H4. The molecule has 14 nitrogen and oxygen atoms in total. The van der Waals surface area contributed by atoms with Crippen LogP contribution in [-0.2, 0) is 50.6 Å². The Morgan fingerprint density at radius 2 is 0.698 bits per heavy atom. The second-order valence-corrected chi connectivity index (χ2v) is 31.8. The van der Waals surface area contributed by atoms with Gasteiger partial charge in [-0.2, -0.15) is 0 Å². The normalized spacial score (nSPS) is 37.1. The summed E-state index contributed by atoms with van der Waals surface area (Å²) in [5.74, 6) is 0.769. The van der Waals surface area contributed by atoms with E-state index in [9.17, 15) is 0 Å². The van der Waals surface area contributed by atoms with Gasteiger partial charge in [0.2, 0.25) is 0 Å². The number of hydrogen-bond donors (Lipinski definition) is 0. The summed E-state index contributed by atoms with van der Waals surface area (Å²) in [6, 6.07) is 0. The Morgan fingerprint density at radius 3 is 0.837 bits per heavy atom. The first-order chi connectivity index (χ1) is 19.2. The summed E-state index contributed by atoms with van der Waals surface area (Å²) in [5.41, 5.74) is 0. The molecule has 0 amide bonds. The van der Waals surface area contributed by atoms with Crippen LogP contribution in [0.3, 0.4) is 0 Å². The molecule has 0 saturated carbocycles. The molecule has 2 rings (SSSR count). The molecular weight excluding hydrogens is 697 g/mol. The number of nitrogens with zero attached hydrogens (tertiary/aromatic N) is 2. The van der Waals surface area contributed by atoms with Crippen LogP contribution in [0.1, 0.15) is 14.4 Å². The average Bonchev–Trinajstić information content (AvgIpc) is 2.81. The lowest BCUT2D eigenvalue weighted by atomic mass is 10.1. The van der Waals surface area contributed by atoms with E-state index in [0.29, 0.717) is 0 Å². The van der Waals surface area contributed by atoms with Crippen LogP contribution >= 0.6 is 0 Å². The summed E-state index contributed by atoms with van der Waals surface area (Å²) in [7, 11) is -3.06. The maximum Gasteiger partial charge on any atom is 0.482 e. The maximum atomic E-state index is 5.98. The smallest absolute Gasteiger partial charge is 0.420 e. The van der Waals surface area contributed by atoms with Gasteiger partial charge in [0.25, 0.3) is 37.1 Å². The van der Waals surface area contributed by atoms with Gasteiger partial charge in [0.05, 0.1) is 0 Å². The summed E-state index contributed by atoms with van der Waals surface area (Å²) in [6.45, 7) is 19.8. The van der Waals surface area contributed by atoms with Crippen LogP contribution in [0.25, 0.3) is 0 Å². The van der Waals surface area contributed by atoms with Crippen molar-refractivity contribution in [1.29, 1.82) is 0 Å². The van der Waals surface area contributed by atoms with Crippen LogP contribution in [0.5, 0.6) is 0 Å². The van der Waals surface area contributed by atoms with Crippen LogP contribution in [0.4, 0.5) is 0 Å². The van der Waals surface area contributed by atoms with Crippen LogP contribution in [0.2, 0.25) is 52.4 Å². The molecule has 0 aromatic heterocycles. The molecule has 0 unspecified atom stereocenters. The number of rotatable bonds is 8. The third-order valence-corrected chi connectivity index (χ3v) is 32.9. The zero-order chi connectivity index (χ0) is 32.9. The Kier molecular flexibility index (Phi) is 22.8. The fraction of sp³-hybridized carbons (Fsp3) is 1.00. The largest absolute Gasteiger partial charge is 0.482 e. The van der Waals surface area contributed by atoms with Gasteiger partial charge >= 0.3 is 35.2 Å². The lowest BCUT2D eigenvalue weighted by molar-refractivity contribution is 0.0477. The predicted molar refractivity (Wildman–Crippen MR) is 188 cm³/mol. The molecule has 0 aromatic rings. The molecule has 262 valence electrons. The Balaban J connectivity index is 0. The second kappa shape index (κ2) is 21.2. The van der Waals surface area contributed by atoms with Gasteiger partial charge in [-0.15, -0.1) is 0 Å². The highest BCUT2D eigenvalue weighted by atomic mass is 28.6. The van der Waals surface area contributed by atoms with Gasteiger partial charge in [-0.25, -0.2) is 0 Å². The van der Waals surface area contributed by atoms with E-state index in [4.69, 9.17) is 50.6 Å². The van der Waals surface area contributed by atoms with E-state index >= 15 is 0 Å². The van der Waals surface area contributed by atoms with Gasteiger partial charge < -0.3 is 60.4 Å². The van der Waals surface area contributed by atoms with Gasteiger partial charge in [-0.05, 0) is 60.3 Å². The van der Waals surface area contributed by atoms with Crippen molar-refractivity contribution in [2.24, 2.45) is 5.92 Å². The average molecular weight is 761 g/mol. The van der Waals surface area contributed by atoms with Crippen LogP contribution in [-0.4, -0.2) is 152 Å². The minimum absolute atomic E-state index is 0. The summed E-state index contributed by atoms with van der Waals surface area (Å²) < 4.78 is 68.2. The highest BCUT2D eigenvalue weighted by Gasteiger charge is 2.61. The quantitative estimate of drug-likeness (QED) is 0.335. The Morgan fingerprint density at radius 1 is 0.512 bits per heavy atom. The third-order valence-electron chi connectivity index (χ3n) is 5.85. The molecule has 2 heterocycles. The van der Waals surface area contributed by atoms with E-state index in [-0.39, 0.29) is 7.43 Å². The van der Waals surface area contributed by atoms with Crippen molar-refractivity contribution in [3.63, 3.8) is 0 Å². The fourth-order valence-corrected chi connectivity index (χ4v) is 31.9. The molecule has 0 aliphatic carbocycles. The van der Waals surface area contributed by atoms with E-state index in [2.05, 4.69) is 44.9 Å². The van der Waals surface area contributed by atoms with Crippen molar-refractivity contribution < 1.29 is 50.6 Å². The van der Waals surface area contributed by atoms with Gasteiger partial charge in [0, 0.05) is 67.7 Å². The van der Waals surface area contributed by atoms with Crippen molar-refractivity contribution in [3.8, 4) is 0 Å². The SMILES string of the molecule is C.CC(CN(C)C)CN(C)C.CO[Si]1(C)O[Si](C)(OC)O[Si](C)(OC)O[Si](C)(OC)O1.C[SiH]1O[SiH](C)O[SiH](C)O[SiH](C)O1. The minimum atomic E-state index is -2.99. The highest BCUT2D eigenvalue weighted by Crippen LogP contribution is 2.31. The second-order valence-electron chi connectivity index (χ2n) is 11.1.